The fourth-order valence-corrected chi connectivity index (χ4v) is 3.03. The zero-order valence-electron chi connectivity index (χ0n) is 13.1. The lowest BCUT2D eigenvalue weighted by atomic mass is 10.2. The van der Waals surface area contributed by atoms with Gasteiger partial charge in [0.25, 0.3) is 0 Å². The summed E-state index contributed by atoms with van der Waals surface area (Å²) in [4.78, 5) is 25.8. The maximum atomic E-state index is 12.1. The third kappa shape index (κ3) is 5.35. The molecule has 0 saturated carbocycles. The number of carbonyl (C=O) groups excluding carboxylic acids is 2. The molecule has 1 saturated heterocycles. The Bertz CT molecular complexity index is 519. The molecule has 22 heavy (non-hydrogen) atoms. The molecule has 0 radical (unpaired) electrons. The summed E-state index contributed by atoms with van der Waals surface area (Å²) in [6, 6.07) is 8.01. The van der Waals surface area contributed by atoms with Gasteiger partial charge in [0.2, 0.25) is 11.8 Å². The SMILES string of the molecule is Cc1ccc(NC(=O)CSCC(=O)N2CCNC(C)C2)cc1. The van der Waals surface area contributed by atoms with E-state index in [1.54, 1.807) is 0 Å². The Balaban J connectivity index is 1.68. The van der Waals surface area contributed by atoms with E-state index in [-0.39, 0.29) is 11.8 Å². The van der Waals surface area contributed by atoms with E-state index in [9.17, 15) is 9.59 Å². The van der Waals surface area contributed by atoms with Gasteiger partial charge in [-0.15, -0.1) is 11.8 Å². The van der Waals surface area contributed by atoms with E-state index in [0.717, 1.165) is 30.9 Å². The molecule has 0 spiro atoms. The zero-order chi connectivity index (χ0) is 15.9. The van der Waals surface area contributed by atoms with Crippen LogP contribution in [0.4, 0.5) is 5.69 Å². The zero-order valence-corrected chi connectivity index (χ0v) is 13.9. The second kappa shape index (κ2) is 8.19. The first-order chi connectivity index (χ1) is 10.5. The number of piperazine rings is 1. The number of amides is 2. The first kappa shape index (κ1) is 16.8. The van der Waals surface area contributed by atoms with E-state index >= 15 is 0 Å². The predicted molar refractivity (Wildman–Crippen MR) is 91.2 cm³/mol. The van der Waals surface area contributed by atoms with Gasteiger partial charge in [-0.25, -0.2) is 0 Å². The Kier molecular flexibility index (Phi) is 6.27. The summed E-state index contributed by atoms with van der Waals surface area (Å²) < 4.78 is 0. The number of nitrogens with zero attached hydrogens (tertiary/aromatic N) is 1. The van der Waals surface area contributed by atoms with Crippen LogP contribution >= 0.6 is 11.8 Å². The van der Waals surface area contributed by atoms with Gasteiger partial charge in [-0.3, -0.25) is 9.59 Å². The number of nitrogens with one attached hydrogen (secondary N) is 2. The summed E-state index contributed by atoms with van der Waals surface area (Å²) >= 11 is 1.36. The molecule has 0 bridgehead atoms. The third-order valence-corrected chi connectivity index (χ3v) is 4.43. The number of anilines is 1. The van der Waals surface area contributed by atoms with Crippen LogP contribution in [0.3, 0.4) is 0 Å². The molecule has 5 nitrogen and oxygen atoms in total. The summed E-state index contributed by atoms with van der Waals surface area (Å²) in [5, 5.41) is 6.14. The number of aryl methyl sites for hydroxylation is 1. The lowest BCUT2D eigenvalue weighted by Crippen LogP contribution is -2.51. The minimum atomic E-state index is -0.0738. The molecular weight excluding hydrogens is 298 g/mol. The molecule has 1 atom stereocenters. The Morgan fingerprint density at radius 3 is 2.73 bits per heavy atom. The highest BCUT2D eigenvalue weighted by molar-refractivity contribution is 8.00. The van der Waals surface area contributed by atoms with Gasteiger partial charge in [-0.2, -0.15) is 0 Å². The number of carbonyl (C=O) groups is 2. The fourth-order valence-electron chi connectivity index (χ4n) is 2.32. The maximum Gasteiger partial charge on any atom is 0.234 e. The molecule has 1 unspecified atom stereocenters. The van der Waals surface area contributed by atoms with Crippen LogP contribution < -0.4 is 10.6 Å². The minimum absolute atomic E-state index is 0.0738. The summed E-state index contributed by atoms with van der Waals surface area (Å²) in [5.41, 5.74) is 1.95. The number of hydrogen-bond donors (Lipinski definition) is 2. The van der Waals surface area contributed by atoms with Crippen molar-refractivity contribution < 1.29 is 9.59 Å². The highest BCUT2D eigenvalue weighted by Gasteiger charge is 2.20. The molecule has 0 aromatic heterocycles. The molecule has 1 aliphatic rings. The molecule has 120 valence electrons. The molecular formula is C16H23N3O2S. The standard InChI is InChI=1S/C16H23N3O2S/c1-12-3-5-14(6-4-12)18-15(20)10-22-11-16(21)19-8-7-17-13(2)9-19/h3-6,13,17H,7-11H2,1-2H3,(H,18,20). The van der Waals surface area contributed by atoms with Crippen molar-refractivity contribution in [3.05, 3.63) is 29.8 Å². The number of rotatable bonds is 5. The summed E-state index contributed by atoms with van der Waals surface area (Å²) in [6.07, 6.45) is 0. The molecule has 2 N–H and O–H groups in total. The molecule has 1 aromatic rings. The van der Waals surface area contributed by atoms with Crippen LogP contribution in [-0.2, 0) is 9.59 Å². The van der Waals surface area contributed by atoms with Gasteiger partial charge in [-0.05, 0) is 26.0 Å². The normalized spacial score (nSPS) is 18.1. The molecule has 1 aliphatic heterocycles. The van der Waals surface area contributed by atoms with E-state index in [4.69, 9.17) is 0 Å². The Morgan fingerprint density at radius 2 is 2.05 bits per heavy atom. The Hall–Kier alpha value is -1.53. The van der Waals surface area contributed by atoms with Crippen LogP contribution in [0.25, 0.3) is 0 Å². The summed E-state index contributed by atoms with van der Waals surface area (Å²) in [6.45, 7) is 6.41. The van der Waals surface area contributed by atoms with Crippen LogP contribution in [0.5, 0.6) is 0 Å². The predicted octanol–water partition coefficient (Wildman–Crippen LogP) is 1.49. The van der Waals surface area contributed by atoms with E-state index < -0.39 is 0 Å². The van der Waals surface area contributed by atoms with Crippen LogP contribution in [0.15, 0.2) is 24.3 Å². The van der Waals surface area contributed by atoms with Crippen molar-refractivity contribution in [2.45, 2.75) is 19.9 Å². The topological polar surface area (TPSA) is 61.4 Å². The number of hydrogen-bond acceptors (Lipinski definition) is 4. The van der Waals surface area contributed by atoms with E-state index in [1.165, 1.54) is 11.8 Å². The quantitative estimate of drug-likeness (QED) is 0.862. The first-order valence-corrected chi connectivity index (χ1v) is 8.65. The highest BCUT2D eigenvalue weighted by atomic mass is 32.2. The average molecular weight is 321 g/mol. The average Bonchev–Trinajstić information content (AvgIpc) is 2.49. The third-order valence-electron chi connectivity index (χ3n) is 3.52. The van der Waals surface area contributed by atoms with Crippen LogP contribution in [0.2, 0.25) is 0 Å². The van der Waals surface area contributed by atoms with E-state index in [2.05, 4.69) is 17.6 Å². The maximum absolute atomic E-state index is 12.1. The Morgan fingerprint density at radius 1 is 1.32 bits per heavy atom. The van der Waals surface area contributed by atoms with E-state index in [0.29, 0.717) is 17.5 Å². The summed E-state index contributed by atoms with van der Waals surface area (Å²) in [7, 11) is 0. The van der Waals surface area contributed by atoms with Crippen LogP contribution in [0, 0.1) is 6.92 Å². The van der Waals surface area contributed by atoms with Gasteiger partial charge in [-0.1, -0.05) is 17.7 Å². The van der Waals surface area contributed by atoms with Gasteiger partial charge in [0.15, 0.2) is 0 Å². The number of benzene rings is 1. The van der Waals surface area contributed by atoms with Crippen LogP contribution in [-0.4, -0.2) is 53.9 Å². The van der Waals surface area contributed by atoms with Crippen molar-refractivity contribution in [2.24, 2.45) is 0 Å². The van der Waals surface area contributed by atoms with Crippen molar-refractivity contribution >= 4 is 29.3 Å². The molecule has 2 rings (SSSR count). The van der Waals surface area contributed by atoms with Crippen LogP contribution in [0.1, 0.15) is 12.5 Å². The number of thioether (sulfide) groups is 1. The van der Waals surface area contributed by atoms with E-state index in [1.807, 2.05) is 36.1 Å². The van der Waals surface area contributed by atoms with Crippen molar-refractivity contribution in [3.63, 3.8) is 0 Å². The minimum Gasteiger partial charge on any atom is -0.339 e. The molecule has 1 heterocycles. The second-order valence-electron chi connectivity index (χ2n) is 5.60. The molecule has 1 aromatic carbocycles. The molecule has 2 amide bonds. The van der Waals surface area contributed by atoms with Gasteiger partial charge < -0.3 is 15.5 Å². The smallest absolute Gasteiger partial charge is 0.234 e. The lowest BCUT2D eigenvalue weighted by molar-refractivity contribution is -0.129. The second-order valence-corrected chi connectivity index (χ2v) is 6.59. The van der Waals surface area contributed by atoms with Crippen molar-refractivity contribution in [1.82, 2.24) is 10.2 Å². The molecule has 0 aliphatic carbocycles. The van der Waals surface area contributed by atoms with Crippen molar-refractivity contribution in [2.75, 3.05) is 36.5 Å². The van der Waals surface area contributed by atoms with Gasteiger partial charge in [0, 0.05) is 31.4 Å². The molecule has 1 fully saturated rings. The van der Waals surface area contributed by atoms with Gasteiger partial charge >= 0.3 is 0 Å². The molecule has 6 heteroatoms. The van der Waals surface area contributed by atoms with Gasteiger partial charge in [0.1, 0.15) is 0 Å². The highest BCUT2D eigenvalue weighted by Crippen LogP contribution is 2.10. The largest absolute Gasteiger partial charge is 0.339 e. The van der Waals surface area contributed by atoms with Gasteiger partial charge in [0.05, 0.1) is 11.5 Å². The summed E-state index contributed by atoms with van der Waals surface area (Å²) in [5.74, 6) is 0.687. The monoisotopic (exact) mass is 321 g/mol. The van der Waals surface area contributed by atoms with Crippen molar-refractivity contribution in [3.8, 4) is 0 Å². The fraction of sp³-hybridized carbons (Fsp3) is 0.500. The first-order valence-electron chi connectivity index (χ1n) is 7.50. The Labute approximate surface area is 135 Å². The van der Waals surface area contributed by atoms with Crippen molar-refractivity contribution in [1.29, 1.82) is 0 Å². The lowest BCUT2D eigenvalue weighted by Gasteiger charge is -2.31.